The average Bonchev–Trinajstić information content (AvgIpc) is 3.26. The fourth-order valence-corrected chi connectivity index (χ4v) is 7.48. The van der Waals surface area contributed by atoms with E-state index in [4.69, 9.17) is 29.8 Å². The van der Waals surface area contributed by atoms with Crippen LogP contribution in [-0.2, 0) is 62.1 Å². The van der Waals surface area contributed by atoms with Crippen LogP contribution in [-0.4, -0.2) is 217 Å². The minimum atomic E-state index is -1.91. The van der Waals surface area contributed by atoms with E-state index >= 15 is 0 Å². The Hall–Kier alpha value is -4.82. The average molecular weight is 1000 g/mol. The van der Waals surface area contributed by atoms with Gasteiger partial charge in [0.15, 0.2) is 12.6 Å². The smallest absolute Gasteiger partial charge is 0.326 e. The number of carbonyl (C=O) groups excluding carboxylic acids is 6. The molecule has 29 heteroatoms. The third-order valence-corrected chi connectivity index (χ3v) is 11.4. The van der Waals surface area contributed by atoms with Gasteiger partial charge < -0.3 is 97.4 Å². The van der Waals surface area contributed by atoms with Crippen LogP contribution in [0.25, 0.3) is 0 Å². The van der Waals surface area contributed by atoms with E-state index in [1.165, 1.54) is 25.6 Å². The second kappa shape index (κ2) is 28.6. The van der Waals surface area contributed by atoms with Crippen LogP contribution in [0.5, 0.6) is 0 Å². The first-order valence-corrected chi connectivity index (χ1v) is 22.8. The second-order valence-electron chi connectivity index (χ2n) is 16.1. The Kier molecular flexibility index (Phi) is 25.0. The molecule has 388 valence electrons. The third-order valence-electron chi connectivity index (χ3n) is 10.7. The van der Waals surface area contributed by atoms with E-state index in [9.17, 15) is 78.9 Å². The van der Waals surface area contributed by atoms with Crippen molar-refractivity contribution < 1.29 is 103 Å². The maximum absolute atomic E-state index is 13.5. The van der Waals surface area contributed by atoms with E-state index in [0.29, 0.717) is 5.75 Å². The zero-order chi connectivity index (χ0) is 51.6. The molecule has 16 atom stereocenters. The lowest BCUT2D eigenvalue weighted by molar-refractivity contribution is -0.333. The van der Waals surface area contributed by atoms with Crippen molar-refractivity contribution in [2.24, 2.45) is 5.73 Å². The Morgan fingerprint density at radius 3 is 1.78 bits per heavy atom. The van der Waals surface area contributed by atoms with Crippen molar-refractivity contribution in [3.8, 4) is 0 Å². The van der Waals surface area contributed by atoms with Gasteiger partial charge in [-0.25, -0.2) is 9.59 Å². The topological polar surface area (TPSA) is 451 Å². The number of ether oxygens (including phenoxy) is 4. The Bertz CT molecular complexity index is 1750. The molecule has 0 aromatic rings. The number of hydrogen-bond acceptors (Lipinski definition) is 20. The number of thioether (sulfide) groups is 1. The van der Waals surface area contributed by atoms with E-state index in [1.807, 2.05) is 0 Å². The number of rotatable bonds is 28. The Morgan fingerprint density at radius 1 is 0.662 bits per heavy atom. The monoisotopic (exact) mass is 999 g/mol. The molecule has 0 aromatic carbocycles. The van der Waals surface area contributed by atoms with Gasteiger partial charge in [0.25, 0.3) is 0 Å². The molecule has 0 saturated carbocycles. The second-order valence-corrected chi connectivity index (χ2v) is 17.1. The maximum atomic E-state index is 13.5. The zero-order valence-electron chi connectivity index (χ0n) is 38.0. The Labute approximate surface area is 394 Å². The molecule has 68 heavy (non-hydrogen) atoms. The van der Waals surface area contributed by atoms with Gasteiger partial charge in [-0.1, -0.05) is 0 Å². The van der Waals surface area contributed by atoms with E-state index in [1.54, 1.807) is 6.26 Å². The molecule has 0 bridgehead atoms. The summed E-state index contributed by atoms with van der Waals surface area (Å²) in [7, 11) is 0. The van der Waals surface area contributed by atoms with Crippen LogP contribution in [0.2, 0.25) is 0 Å². The van der Waals surface area contributed by atoms with Crippen molar-refractivity contribution in [2.45, 2.75) is 164 Å². The minimum Gasteiger partial charge on any atom is -0.480 e. The number of carbonyl (C=O) groups is 9. The number of nitrogens with two attached hydrogens (primary N) is 1. The number of hydrogen-bond donors (Lipinski definition) is 15. The fourth-order valence-electron chi connectivity index (χ4n) is 7.01. The highest BCUT2D eigenvalue weighted by molar-refractivity contribution is 7.98. The fraction of sp³-hybridized carbons (Fsp3) is 0.769. The van der Waals surface area contributed by atoms with E-state index < -0.39 is 177 Å². The number of aliphatic carboxylic acids is 3. The standard InChI is InChI=1S/C39H65N7O21S/c1-15(32(54)45-21(36(59)60)9-10-25(51)44-20(8-6-7-19(40)35(57)58)34(56)46-22(37(61)62)11-12-68-5)41-33(55)16(2)64-31-27(43-18(4)50)38(63)65-24(14-48)30(31)67-39-26(42-17(3)49)29(53)28(52)23(13-47)66-39/h15-16,19-24,26-31,38-39,47-48,52-53,63H,6-14,40H2,1-5H3,(H,41,55)(H,42,49)(H,43,50)(H,44,51)(H,45,54)(H,46,56)(H,57,58)(H,59,60)(H,61,62). The largest absolute Gasteiger partial charge is 0.480 e. The molecule has 16 N–H and O–H groups in total. The number of aliphatic hydroxyl groups is 5. The molecule has 0 spiro atoms. The highest BCUT2D eigenvalue weighted by atomic mass is 32.2. The van der Waals surface area contributed by atoms with Crippen LogP contribution in [0.15, 0.2) is 0 Å². The number of amides is 6. The van der Waals surface area contributed by atoms with Gasteiger partial charge >= 0.3 is 17.9 Å². The van der Waals surface area contributed by atoms with Gasteiger partial charge in [-0.3, -0.25) is 33.6 Å². The Morgan fingerprint density at radius 2 is 1.24 bits per heavy atom. The molecule has 0 radical (unpaired) electrons. The van der Waals surface area contributed by atoms with Gasteiger partial charge in [-0.2, -0.15) is 11.8 Å². The molecule has 0 aromatic heterocycles. The summed E-state index contributed by atoms with van der Waals surface area (Å²) in [5.41, 5.74) is 5.54. The summed E-state index contributed by atoms with van der Waals surface area (Å²) >= 11 is 1.33. The number of aliphatic hydroxyl groups excluding tert-OH is 5. The van der Waals surface area contributed by atoms with Gasteiger partial charge in [0, 0.05) is 20.3 Å². The number of carboxylic acids is 3. The molecule has 2 aliphatic rings. The van der Waals surface area contributed by atoms with Crippen molar-refractivity contribution >= 4 is 65.1 Å². The summed E-state index contributed by atoms with van der Waals surface area (Å²) in [5, 5.41) is 94.7. The summed E-state index contributed by atoms with van der Waals surface area (Å²) in [6.45, 7) is 2.77. The minimum absolute atomic E-state index is 0.0122. The SMILES string of the molecule is CSCCC(NC(=O)C(CCCC(N)C(=O)O)NC(=O)CCC(NC(=O)C(C)NC(=O)C(C)OC1C(NC(C)=O)C(O)OC(CO)C1OC1OC(CO)C(O)C(O)C1NC(C)=O)C(=O)O)C(=O)O. The maximum Gasteiger partial charge on any atom is 0.326 e. The third kappa shape index (κ3) is 18.3. The number of carboxylic acid groups (broad SMARTS) is 3. The molecule has 2 fully saturated rings. The molecule has 2 saturated heterocycles. The molecular formula is C39H65N7O21S. The molecule has 0 aliphatic carbocycles. The van der Waals surface area contributed by atoms with Gasteiger partial charge in [-0.15, -0.1) is 0 Å². The van der Waals surface area contributed by atoms with Gasteiger partial charge in [0.05, 0.1) is 13.2 Å². The van der Waals surface area contributed by atoms with Crippen molar-refractivity contribution in [2.75, 3.05) is 25.2 Å². The van der Waals surface area contributed by atoms with Gasteiger partial charge in [0.1, 0.15) is 85.0 Å². The van der Waals surface area contributed by atoms with Crippen LogP contribution in [0, 0.1) is 0 Å². The summed E-state index contributed by atoms with van der Waals surface area (Å²) in [6.07, 6.45) is -14.6. The highest BCUT2D eigenvalue weighted by Crippen LogP contribution is 2.31. The lowest BCUT2D eigenvalue weighted by atomic mass is 9.94. The molecule has 2 heterocycles. The summed E-state index contributed by atoms with van der Waals surface area (Å²) < 4.78 is 23.1. The van der Waals surface area contributed by atoms with E-state index in [0.717, 1.165) is 13.8 Å². The predicted molar refractivity (Wildman–Crippen MR) is 231 cm³/mol. The van der Waals surface area contributed by atoms with Crippen LogP contribution in [0.4, 0.5) is 0 Å². The molecule has 2 rings (SSSR count). The van der Waals surface area contributed by atoms with Crippen LogP contribution >= 0.6 is 11.8 Å². The highest BCUT2D eigenvalue weighted by Gasteiger charge is 2.53. The van der Waals surface area contributed by atoms with E-state index in [-0.39, 0.29) is 25.7 Å². The molecule has 28 nitrogen and oxygen atoms in total. The van der Waals surface area contributed by atoms with Crippen molar-refractivity contribution in [3.05, 3.63) is 0 Å². The lowest BCUT2D eigenvalue weighted by Crippen LogP contribution is -2.70. The zero-order valence-corrected chi connectivity index (χ0v) is 38.8. The predicted octanol–water partition coefficient (Wildman–Crippen LogP) is -6.45. The number of nitrogens with one attached hydrogen (secondary N) is 6. The first-order chi connectivity index (χ1) is 31.9. The van der Waals surface area contributed by atoms with Gasteiger partial charge in [0.2, 0.25) is 35.4 Å². The van der Waals surface area contributed by atoms with Crippen LogP contribution in [0.3, 0.4) is 0 Å². The van der Waals surface area contributed by atoms with Crippen molar-refractivity contribution in [1.29, 1.82) is 0 Å². The summed E-state index contributed by atoms with van der Waals surface area (Å²) in [5.74, 6) is -9.21. The first-order valence-electron chi connectivity index (χ1n) is 21.4. The first kappa shape index (κ1) is 59.3. The summed E-state index contributed by atoms with van der Waals surface area (Å²) in [4.78, 5) is 112. The van der Waals surface area contributed by atoms with Gasteiger partial charge in [-0.05, 0) is 58.0 Å². The van der Waals surface area contributed by atoms with E-state index in [2.05, 4.69) is 31.9 Å². The van der Waals surface area contributed by atoms with Crippen molar-refractivity contribution in [3.63, 3.8) is 0 Å². The Balaban J connectivity index is 2.22. The molecule has 2 aliphatic heterocycles. The molecule has 16 unspecified atom stereocenters. The van der Waals surface area contributed by atoms with Crippen molar-refractivity contribution in [1.82, 2.24) is 31.9 Å². The normalized spacial score (nSPS) is 27.4. The summed E-state index contributed by atoms with van der Waals surface area (Å²) in [6, 6.07) is -10.3. The molecular weight excluding hydrogens is 935 g/mol. The molecule has 6 amide bonds. The van der Waals surface area contributed by atoms with Crippen LogP contribution in [0.1, 0.15) is 66.2 Å². The lowest BCUT2D eigenvalue weighted by Gasteiger charge is -2.48. The van der Waals surface area contributed by atoms with Crippen LogP contribution < -0.4 is 37.6 Å². The quantitative estimate of drug-likeness (QED) is 0.0347.